The second kappa shape index (κ2) is 9.33. The number of amides is 2. The van der Waals surface area contributed by atoms with Gasteiger partial charge in [-0.05, 0) is 24.6 Å². The van der Waals surface area contributed by atoms with Crippen LogP contribution in [0.5, 0.6) is 0 Å². The Morgan fingerprint density at radius 3 is 2.73 bits per heavy atom. The number of benzene rings is 1. The van der Waals surface area contributed by atoms with Crippen LogP contribution in [0.1, 0.15) is 30.1 Å². The molecule has 0 saturated carbocycles. The van der Waals surface area contributed by atoms with E-state index in [1.165, 1.54) is 13.2 Å². The SMILES string of the molecule is CCC(=O)Nc1cccc(C(=O)NCC/C=C/C(=O)OC)c1. The van der Waals surface area contributed by atoms with Gasteiger partial charge in [0, 0.05) is 30.3 Å². The highest BCUT2D eigenvalue weighted by Crippen LogP contribution is 2.11. The minimum atomic E-state index is -0.425. The van der Waals surface area contributed by atoms with Gasteiger partial charge < -0.3 is 15.4 Å². The molecule has 0 aromatic heterocycles. The van der Waals surface area contributed by atoms with Crippen molar-refractivity contribution in [1.82, 2.24) is 5.32 Å². The zero-order chi connectivity index (χ0) is 16.4. The smallest absolute Gasteiger partial charge is 0.330 e. The lowest BCUT2D eigenvalue weighted by Gasteiger charge is -2.07. The minimum Gasteiger partial charge on any atom is -0.466 e. The molecule has 2 amide bonds. The van der Waals surface area contributed by atoms with E-state index in [4.69, 9.17) is 0 Å². The summed E-state index contributed by atoms with van der Waals surface area (Å²) in [6.45, 7) is 2.16. The number of esters is 1. The molecule has 6 heteroatoms. The van der Waals surface area contributed by atoms with Crippen molar-refractivity contribution in [2.45, 2.75) is 19.8 Å². The van der Waals surface area contributed by atoms with E-state index >= 15 is 0 Å². The van der Waals surface area contributed by atoms with Crippen LogP contribution in [0.15, 0.2) is 36.4 Å². The molecule has 6 nitrogen and oxygen atoms in total. The molecular weight excluding hydrogens is 284 g/mol. The molecule has 1 aromatic carbocycles. The number of carbonyl (C=O) groups excluding carboxylic acids is 3. The van der Waals surface area contributed by atoms with Crippen LogP contribution < -0.4 is 10.6 Å². The van der Waals surface area contributed by atoms with E-state index in [0.29, 0.717) is 30.6 Å². The lowest BCUT2D eigenvalue weighted by atomic mass is 10.2. The zero-order valence-corrected chi connectivity index (χ0v) is 12.7. The van der Waals surface area contributed by atoms with Crippen LogP contribution in [0.25, 0.3) is 0 Å². The fraction of sp³-hybridized carbons (Fsp3) is 0.312. The second-order valence-corrected chi connectivity index (χ2v) is 4.45. The van der Waals surface area contributed by atoms with Crippen LogP contribution >= 0.6 is 0 Å². The average molecular weight is 304 g/mol. The molecule has 0 aliphatic carbocycles. The van der Waals surface area contributed by atoms with Crippen molar-refractivity contribution in [1.29, 1.82) is 0 Å². The molecule has 0 aliphatic heterocycles. The third-order valence-corrected chi connectivity index (χ3v) is 2.78. The van der Waals surface area contributed by atoms with Gasteiger partial charge in [0.15, 0.2) is 0 Å². The van der Waals surface area contributed by atoms with Gasteiger partial charge in [0.1, 0.15) is 0 Å². The van der Waals surface area contributed by atoms with E-state index in [1.54, 1.807) is 37.3 Å². The Balaban J connectivity index is 2.48. The molecule has 22 heavy (non-hydrogen) atoms. The summed E-state index contributed by atoms with van der Waals surface area (Å²) in [5.74, 6) is -0.768. The summed E-state index contributed by atoms with van der Waals surface area (Å²) in [5.41, 5.74) is 1.05. The molecule has 0 bridgehead atoms. The normalized spacial score (nSPS) is 10.3. The van der Waals surface area contributed by atoms with Gasteiger partial charge in [0.2, 0.25) is 5.91 Å². The second-order valence-electron chi connectivity index (χ2n) is 4.45. The quantitative estimate of drug-likeness (QED) is 0.457. The standard InChI is InChI=1S/C16H20N2O4/c1-3-14(19)18-13-8-6-7-12(11-13)16(21)17-10-5-4-9-15(20)22-2/h4,6-9,11H,3,5,10H2,1-2H3,(H,17,21)(H,18,19)/b9-4+. The molecule has 2 N–H and O–H groups in total. The van der Waals surface area contributed by atoms with E-state index in [0.717, 1.165) is 0 Å². The predicted molar refractivity (Wildman–Crippen MR) is 83.5 cm³/mol. The average Bonchev–Trinajstić information content (AvgIpc) is 2.54. The molecular formula is C16H20N2O4. The number of carbonyl (C=O) groups is 3. The Morgan fingerprint density at radius 1 is 1.27 bits per heavy atom. The van der Waals surface area contributed by atoms with Crippen LogP contribution in [0, 0.1) is 0 Å². The van der Waals surface area contributed by atoms with Crippen molar-refractivity contribution in [2.24, 2.45) is 0 Å². The maximum absolute atomic E-state index is 12.0. The van der Waals surface area contributed by atoms with Crippen LogP contribution in [0.2, 0.25) is 0 Å². The predicted octanol–water partition coefficient (Wildman–Crippen LogP) is 1.88. The Bertz CT molecular complexity index is 567. The summed E-state index contributed by atoms with van der Waals surface area (Å²) < 4.78 is 4.45. The number of rotatable bonds is 7. The first-order chi connectivity index (χ1) is 10.6. The van der Waals surface area contributed by atoms with Gasteiger partial charge in [0.05, 0.1) is 7.11 Å². The fourth-order valence-corrected chi connectivity index (χ4v) is 1.61. The number of ether oxygens (including phenoxy) is 1. The number of hydrogen-bond donors (Lipinski definition) is 2. The van der Waals surface area contributed by atoms with Gasteiger partial charge in [-0.2, -0.15) is 0 Å². The molecule has 1 rings (SSSR count). The van der Waals surface area contributed by atoms with Crippen molar-refractivity contribution in [2.75, 3.05) is 19.0 Å². The van der Waals surface area contributed by atoms with E-state index in [2.05, 4.69) is 15.4 Å². The van der Waals surface area contributed by atoms with E-state index in [-0.39, 0.29) is 11.8 Å². The summed E-state index contributed by atoms with van der Waals surface area (Å²) in [6.07, 6.45) is 3.84. The summed E-state index contributed by atoms with van der Waals surface area (Å²) >= 11 is 0. The lowest BCUT2D eigenvalue weighted by Crippen LogP contribution is -2.24. The van der Waals surface area contributed by atoms with Crippen molar-refractivity contribution in [3.63, 3.8) is 0 Å². The van der Waals surface area contributed by atoms with Gasteiger partial charge in [-0.25, -0.2) is 4.79 Å². The molecule has 118 valence electrons. The first-order valence-corrected chi connectivity index (χ1v) is 6.99. The van der Waals surface area contributed by atoms with Crippen LogP contribution in [0.3, 0.4) is 0 Å². The lowest BCUT2D eigenvalue weighted by molar-refractivity contribution is -0.134. The highest BCUT2D eigenvalue weighted by molar-refractivity contribution is 5.97. The molecule has 0 heterocycles. The van der Waals surface area contributed by atoms with Crippen molar-refractivity contribution >= 4 is 23.5 Å². The van der Waals surface area contributed by atoms with Gasteiger partial charge in [-0.3, -0.25) is 9.59 Å². The molecule has 0 aliphatic rings. The zero-order valence-electron chi connectivity index (χ0n) is 12.7. The largest absolute Gasteiger partial charge is 0.466 e. The van der Waals surface area contributed by atoms with Crippen LogP contribution in [-0.2, 0) is 14.3 Å². The number of anilines is 1. The molecule has 0 fully saturated rings. The monoisotopic (exact) mass is 304 g/mol. The Morgan fingerprint density at radius 2 is 2.05 bits per heavy atom. The van der Waals surface area contributed by atoms with Crippen LogP contribution in [0.4, 0.5) is 5.69 Å². The van der Waals surface area contributed by atoms with Gasteiger partial charge in [0.25, 0.3) is 5.91 Å². The first kappa shape index (κ1) is 17.4. The summed E-state index contributed by atoms with van der Waals surface area (Å²) in [5, 5.41) is 5.43. The van der Waals surface area contributed by atoms with Crippen molar-refractivity contribution in [3.05, 3.63) is 42.0 Å². The molecule has 0 atom stereocenters. The Kier molecular flexibility index (Phi) is 7.39. The molecule has 0 saturated heterocycles. The molecule has 0 spiro atoms. The van der Waals surface area contributed by atoms with Crippen molar-refractivity contribution in [3.8, 4) is 0 Å². The Hall–Kier alpha value is -2.63. The first-order valence-electron chi connectivity index (χ1n) is 6.99. The number of nitrogens with one attached hydrogen (secondary N) is 2. The minimum absolute atomic E-state index is 0.106. The third-order valence-electron chi connectivity index (χ3n) is 2.78. The molecule has 0 radical (unpaired) electrons. The molecule has 0 unspecified atom stereocenters. The van der Waals surface area contributed by atoms with Gasteiger partial charge >= 0.3 is 5.97 Å². The maximum atomic E-state index is 12.0. The maximum Gasteiger partial charge on any atom is 0.330 e. The topological polar surface area (TPSA) is 84.5 Å². The highest BCUT2D eigenvalue weighted by Gasteiger charge is 2.06. The van der Waals surface area contributed by atoms with Gasteiger partial charge in [-0.15, -0.1) is 0 Å². The number of methoxy groups -OCH3 is 1. The van der Waals surface area contributed by atoms with Crippen molar-refractivity contribution < 1.29 is 19.1 Å². The summed E-state index contributed by atoms with van der Waals surface area (Å²) in [6, 6.07) is 6.72. The third kappa shape index (κ3) is 6.21. The summed E-state index contributed by atoms with van der Waals surface area (Å²) in [7, 11) is 1.30. The van der Waals surface area contributed by atoms with Gasteiger partial charge in [-0.1, -0.05) is 19.1 Å². The molecule has 1 aromatic rings. The fourth-order valence-electron chi connectivity index (χ4n) is 1.61. The Labute approximate surface area is 129 Å². The van der Waals surface area contributed by atoms with E-state index in [1.807, 2.05) is 0 Å². The van der Waals surface area contributed by atoms with E-state index in [9.17, 15) is 14.4 Å². The van der Waals surface area contributed by atoms with E-state index < -0.39 is 5.97 Å². The highest BCUT2D eigenvalue weighted by atomic mass is 16.5. The van der Waals surface area contributed by atoms with Crippen LogP contribution in [-0.4, -0.2) is 31.4 Å². The number of hydrogen-bond acceptors (Lipinski definition) is 4. The summed E-state index contributed by atoms with van der Waals surface area (Å²) in [4.78, 5) is 34.1.